The Morgan fingerprint density at radius 2 is 1.95 bits per heavy atom. The lowest BCUT2D eigenvalue weighted by Crippen LogP contribution is -2.29. The third kappa shape index (κ3) is 2.69. The standard InChI is InChI=1S/C16H17NO5/c18-13-5-4-10-8-11(15(19)20)16(21)22-14(10)12(13)9-17-6-2-1-3-7-17/h4-5,8,18H,1-3,6-7,9H2,(H,19,20). The number of aromatic hydroxyl groups is 1. The lowest BCUT2D eigenvalue weighted by Gasteiger charge is -2.26. The molecule has 0 atom stereocenters. The van der Waals surface area contributed by atoms with Gasteiger partial charge in [-0.05, 0) is 44.1 Å². The molecule has 0 unspecified atom stereocenters. The van der Waals surface area contributed by atoms with Gasteiger partial charge in [0.15, 0.2) is 0 Å². The predicted molar refractivity (Wildman–Crippen MR) is 80.2 cm³/mol. The van der Waals surface area contributed by atoms with E-state index in [9.17, 15) is 14.7 Å². The Morgan fingerprint density at radius 1 is 1.23 bits per heavy atom. The zero-order valence-corrected chi connectivity index (χ0v) is 12.0. The minimum Gasteiger partial charge on any atom is -0.507 e. The van der Waals surface area contributed by atoms with Crippen LogP contribution in [0.25, 0.3) is 11.0 Å². The van der Waals surface area contributed by atoms with Crippen molar-refractivity contribution >= 4 is 16.9 Å². The number of carboxylic acids is 1. The van der Waals surface area contributed by atoms with Gasteiger partial charge in [-0.1, -0.05) is 6.42 Å². The summed E-state index contributed by atoms with van der Waals surface area (Å²) in [5.74, 6) is -1.26. The molecule has 22 heavy (non-hydrogen) atoms. The number of aromatic carboxylic acids is 1. The van der Waals surface area contributed by atoms with Crippen molar-refractivity contribution in [3.8, 4) is 5.75 Å². The number of carbonyl (C=O) groups is 1. The van der Waals surface area contributed by atoms with Crippen molar-refractivity contribution < 1.29 is 19.4 Å². The van der Waals surface area contributed by atoms with Crippen LogP contribution < -0.4 is 5.63 Å². The van der Waals surface area contributed by atoms with Gasteiger partial charge in [0.2, 0.25) is 0 Å². The van der Waals surface area contributed by atoms with Crippen molar-refractivity contribution in [3.63, 3.8) is 0 Å². The Kier molecular flexibility index (Phi) is 3.85. The first-order chi connectivity index (χ1) is 10.6. The maximum Gasteiger partial charge on any atom is 0.351 e. The van der Waals surface area contributed by atoms with Crippen LogP contribution in [-0.4, -0.2) is 34.2 Å². The van der Waals surface area contributed by atoms with Gasteiger partial charge in [-0.2, -0.15) is 0 Å². The number of rotatable bonds is 3. The number of nitrogens with zero attached hydrogens (tertiary/aromatic N) is 1. The molecule has 3 rings (SSSR count). The van der Waals surface area contributed by atoms with Gasteiger partial charge in [0.1, 0.15) is 16.9 Å². The molecule has 0 saturated carbocycles. The monoisotopic (exact) mass is 303 g/mol. The smallest absolute Gasteiger partial charge is 0.351 e. The number of piperidine rings is 1. The Morgan fingerprint density at radius 3 is 2.64 bits per heavy atom. The van der Waals surface area contributed by atoms with Crippen LogP contribution in [-0.2, 0) is 6.54 Å². The molecule has 116 valence electrons. The van der Waals surface area contributed by atoms with Crippen LogP contribution >= 0.6 is 0 Å². The molecule has 2 heterocycles. The van der Waals surface area contributed by atoms with Gasteiger partial charge in [-0.25, -0.2) is 9.59 Å². The highest BCUT2D eigenvalue weighted by Crippen LogP contribution is 2.29. The van der Waals surface area contributed by atoms with E-state index in [0.29, 0.717) is 17.5 Å². The molecule has 1 fully saturated rings. The summed E-state index contributed by atoms with van der Waals surface area (Å²) in [6.45, 7) is 2.36. The van der Waals surface area contributed by atoms with E-state index in [-0.39, 0.29) is 11.3 Å². The van der Waals surface area contributed by atoms with Crippen LogP contribution in [0.15, 0.2) is 27.4 Å². The van der Waals surface area contributed by atoms with Crippen LogP contribution in [0, 0.1) is 0 Å². The van der Waals surface area contributed by atoms with E-state index < -0.39 is 17.2 Å². The van der Waals surface area contributed by atoms with E-state index in [1.807, 2.05) is 0 Å². The lowest BCUT2D eigenvalue weighted by molar-refractivity contribution is 0.0692. The average Bonchev–Trinajstić information content (AvgIpc) is 2.51. The third-order valence-corrected chi connectivity index (χ3v) is 4.04. The SMILES string of the molecule is O=C(O)c1cc2ccc(O)c(CN3CCCCC3)c2oc1=O. The molecule has 0 spiro atoms. The van der Waals surface area contributed by atoms with Crippen molar-refractivity contribution in [1.29, 1.82) is 0 Å². The first-order valence-corrected chi connectivity index (χ1v) is 7.30. The highest BCUT2D eigenvalue weighted by atomic mass is 16.4. The van der Waals surface area contributed by atoms with Crippen LogP contribution in [0.1, 0.15) is 35.2 Å². The van der Waals surface area contributed by atoms with Crippen molar-refractivity contribution in [1.82, 2.24) is 4.90 Å². The van der Waals surface area contributed by atoms with Gasteiger partial charge in [0.05, 0.1) is 5.56 Å². The Labute approximate surface area is 126 Å². The van der Waals surface area contributed by atoms with Gasteiger partial charge in [-0.3, -0.25) is 4.90 Å². The van der Waals surface area contributed by atoms with Crippen molar-refractivity contribution in [2.24, 2.45) is 0 Å². The maximum absolute atomic E-state index is 11.8. The molecule has 1 aliphatic rings. The summed E-state index contributed by atoms with van der Waals surface area (Å²) < 4.78 is 5.18. The first kappa shape index (κ1) is 14.6. The van der Waals surface area contributed by atoms with E-state index in [1.54, 1.807) is 6.07 Å². The second-order valence-electron chi connectivity index (χ2n) is 5.57. The quantitative estimate of drug-likeness (QED) is 0.845. The molecular formula is C16H17NO5. The van der Waals surface area contributed by atoms with Gasteiger partial charge < -0.3 is 14.6 Å². The summed E-state index contributed by atoms with van der Waals surface area (Å²) in [7, 11) is 0. The van der Waals surface area contributed by atoms with Gasteiger partial charge in [-0.15, -0.1) is 0 Å². The molecule has 0 radical (unpaired) electrons. The maximum atomic E-state index is 11.8. The molecule has 0 amide bonds. The first-order valence-electron chi connectivity index (χ1n) is 7.30. The molecule has 0 bridgehead atoms. The molecule has 1 aromatic heterocycles. The molecule has 6 heteroatoms. The Balaban J connectivity index is 2.08. The number of hydrogen-bond donors (Lipinski definition) is 2. The number of carboxylic acid groups (broad SMARTS) is 1. The fourth-order valence-corrected chi connectivity index (χ4v) is 2.87. The van der Waals surface area contributed by atoms with Crippen LogP contribution in [0.5, 0.6) is 5.75 Å². The minimum absolute atomic E-state index is 0.0595. The summed E-state index contributed by atoms with van der Waals surface area (Å²) in [4.78, 5) is 25.0. The van der Waals surface area contributed by atoms with E-state index in [1.165, 1.54) is 18.6 Å². The Bertz CT molecular complexity index is 774. The average molecular weight is 303 g/mol. The summed E-state index contributed by atoms with van der Waals surface area (Å²) in [6.07, 6.45) is 3.42. The molecule has 2 aromatic rings. The number of likely N-dealkylation sites (tertiary alicyclic amines) is 1. The fourth-order valence-electron chi connectivity index (χ4n) is 2.87. The van der Waals surface area contributed by atoms with E-state index in [2.05, 4.69) is 4.90 Å². The van der Waals surface area contributed by atoms with Gasteiger partial charge in [0.25, 0.3) is 0 Å². The number of phenolic OH excluding ortho intramolecular Hbond substituents is 1. The topological polar surface area (TPSA) is 91.0 Å². The van der Waals surface area contributed by atoms with Crippen LogP contribution in [0.4, 0.5) is 0 Å². The van der Waals surface area contributed by atoms with Crippen LogP contribution in [0.3, 0.4) is 0 Å². The second kappa shape index (κ2) is 5.81. The van der Waals surface area contributed by atoms with Gasteiger partial charge >= 0.3 is 11.6 Å². The minimum atomic E-state index is -1.32. The predicted octanol–water partition coefficient (Wildman–Crippen LogP) is 2.18. The molecular weight excluding hydrogens is 286 g/mol. The molecule has 1 aliphatic heterocycles. The van der Waals surface area contributed by atoms with E-state index in [0.717, 1.165) is 25.9 Å². The molecule has 6 nitrogen and oxygen atoms in total. The summed E-state index contributed by atoms with van der Waals surface area (Å²) in [5, 5.41) is 19.6. The second-order valence-corrected chi connectivity index (χ2v) is 5.57. The fraction of sp³-hybridized carbons (Fsp3) is 0.375. The van der Waals surface area contributed by atoms with E-state index >= 15 is 0 Å². The number of fused-ring (bicyclic) bond motifs is 1. The number of hydrogen-bond acceptors (Lipinski definition) is 5. The Hall–Kier alpha value is -2.34. The molecule has 2 N–H and O–H groups in total. The lowest BCUT2D eigenvalue weighted by atomic mass is 10.1. The van der Waals surface area contributed by atoms with E-state index in [4.69, 9.17) is 9.52 Å². The summed E-state index contributed by atoms with van der Waals surface area (Å²) >= 11 is 0. The van der Waals surface area contributed by atoms with Gasteiger partial charge in [0, 0.05) is 11.9 Å². The van der Waals surface area contributed by atoms with Crippen molar-refractivity contribution in [2.75, 3.05) is 13.1 Å². The summed E-state index contributed by atoms with van der Waals surface area (Å²) in [6, 6.07) is 4.36. The highest BCUT2D eigenvalue weighted by molar-refractivity contribution is 5.92. The van der Waals surface area contributed by atoms with Crippen molar-refractivity contribution in [3.05, 3.63) is 39.7 Å². The zero-order valence-electron chi connectivity index (χ0n) is 12.0. The normalized spacial score (nSPS) is 16.0. The third-order valence-electron chi connectivity index (χ3n) is 4.04. The number of phenols is 1. The van der Waals surface area contributed by atoms with Crippen molar-refractivity contribution in [2.45, 2.75) is 25.8 Å². The molecule has 0 aliphatic carbocycles. The molecule has 1 aromatic carbocycles. The highest BCUT2D eigenvalue weighted by Gasteiger charge is 2.19. The number of benzene rings is 1. The summed E-state index contributed by atoms with van der Waals surface area (Å²) in [5.41, 5.74) is -0.499. The molecule has 1 saturated heterocycles. The largest absolute Gasteiger partial charge is 0.507 e. The zero-order chi connectivity index (χ0) is 15.7. The van der Waals surface area contributed by atoms with Crippen LogP contribution in [0.2, 0.25) is 0 Å².